The van der Waals surface area contributed by atoms with E-state index in [0.717, 1.165) is 23.5 Å². The molecule has 2 aromatic carbocycles. The fourth-order valence-corrected chi connectivity index (χ4v) is 2.26. The summed E-state index contributed by atoms with van der Waals surface area (Å²) in [6, 6.07) is 16.4. The minimum Gasteiger partial charge on any atom is -0.497 e. The molecule has 20 heavy (non-hydrogen) atoms. The first-order valence-electron chi connectivity index (χ1n) is 6.88. The Hall–Kier alpha value is -2.00. The quantitative estimate of drug-likeness (QED) is 0.845. The fourth-order valence-electron chi connectivity index (χ4n) is 2.26. The lowest BCUT2D eigenvalue weighted by Crippen LogP contribution is -2.34. The van der Waals surface area contributed by atoms with Crippen LogP contribution in [0.15, 0.2) is 48.5 Å². The van der Waals surface area contributed by atoms with Gasteiger partial charge in [-0.1, -0.05) is 29.8 Å². The smallest absolute Gasteiger partial charge is 0.119 e. The van der Waals surface area contributed by atoms with Crippen molar-refractivity contribution < 1.29 is 4.74 Å². The maximum Gasteiger partial charge on any atom is 0.119 e. The van der Waals surface area contributed by atoms with E-state index in [1.807, 2.05) is 24.3 Å². The van der Waals surface area contributed by atoms with Crippen molar-refractivity contribution in [2.45, 2.75) is 20.0 Å². The lowest BCUT2D eigenvalue weighted by molar-refractivity contribution is 0.414. The molecule has 2 rings (SSSR count). The molecule has 1 atom stereocenters. The Morgan fingerprint density at radius 3 is 2.15 bits per heavy atom. The van der Waals surface area contributed by atoms with Crippen LogP contribution in [-0.4, -0.2) is 13.7 Å². The maximum atomic E-state index is 6.40. The molecule has 0 spiro atoms. The number of aryl methyl sites for hydroxylation is 1. The summed E-state index contributed by atoms with van der Waals surface area (Å²) in [4.78, 5) is 2.17. The molecule has 106 valence electrons. The molecule has 0 aromatic heterocycles. The van der Waals surface area contributed by atoms with Gasteiger partial charge in [-0.3, -0.25) is 0 Å². The van der Waals surface area contributed by atoms with E-state index >= 15 is 0 Å². The lowest BCUT2D eigenvalue weighted by atomic mass is 10.1. The summed E-state index contributed by atoms with van der Waals surface area (Å²) >= 11 is 0. The van der Waals surface area contributed by atoms with Crippen LogP contribution in [-0.2, 0) is 0 Å². The number of ether oxygens (including phenoxy) is 1. The van der Waals surface area contributed by atoms with Crippen LogP contribution in [0, 0.1) is 6.92 Å². The van der Waals surface area contributed by atoms with Gasteiger partial charge in [-0.2, -0.15) is 0 Å². The average molecular weight is 270 g/mol. The number of methoxy groups -OCH3 is 1. The van der Waals surface area contributed by atoms with Crippen molar-refractivity contribution in [1.29, 1.82) is 0 Å². The highest BCUT2D eigenvalue weighted by Gasteiger charge is 2.15. The van der Waals surface area contributed by atoms with Gasteiger partial charge >= 0.3 is 0 Å². The molecular weight excluding hydrogens is 248 g/mol. The summed E-state index contributed by atoms with van der Waals surface area (Å²) in [6.07, 6.45) is -0.144. The number of anilines is 1. The second kappa shape index (κ2) is 6.44. The van der Waals surface area contributed by atoms with Gasteiger partial charge in [0.25, 0.3) is 0 Å². The third kappa shape index (κ3) is 3.11. The number of nitrogens with zero attached hydrogens (tertiary/aromatic N) is 1. The van der Waals surface area contributed by atoms with E-state index in [-0.39, 0.29) is 6.17 Å². The molecule has 2 N–H and O–H groups in total. The first kappa shape index (κ1) is 14.4. The standard InChI is InChI=1S/C17H22N2O/c1-4-19(15-9-11-16(20-3)12-10-15)17(18)14-7-5-13(2)6-8-14/h5-12,17H,4,18H2,1-3H3. The zero-order valence-corrected chi connectivity index (χ0v) is 12.3. The van der Waals surface area contributed by atoms with Crippen molar-refractivity contribution in [1.82, 2.24) is 0 Å². The van der Waals surface area contributed by atoms with Gasteiger partial charge in [0.05, 0.1) is 7.11 Å². The van der Waals surface area contributed by atoms with Crippen LogP contribution >= 0.6 is 0 Å². The van der Waals surface area contributed by atoms with Gasteiger partial charge < -0.3 is 15.4 Å². The topological polar surface area (TPSA) is 38.5 Å². The molecule has 1 unspecified atom stereocenters. The molecule has 0 aliphatic heterocycles. The van der Waals surface area contributed by atoms with Gasteiger partial charge in [-0.15, -0.1) is 0 Å². The Balaban J connectivity index is 2.23. The molecule has 3 heteroatoms. The third-order valence-electron chi connectivity index (χ3n) is 3.50. The normalized spacial score (nSPS) is 12.0. The third-order valence-corrected chi connectivity index (χ3v) is 3.50. The van der Waals surface area contributed by atoms with Crippen LogP contribution in [0.25, 0.3) is 0 Å². The second-order valence-electron chi connectivity index (χ2n) is 4.84. The number of nitrogens with two attached hydrogens (primary N) is 1. The highest BCUT2D eigenvalue weighted by atomic mass is 16.5. The summed E-state index contributed by atoms with van der Waals surface area (Å²) < 4.78 is 5.19. The number of rotatable bonds is 5. The van der Waals surface area contributed by atoms with E-state index in [1.165, 1.54) is 5.56 Å². The molecule has 0 aliphatic rings. The van der Waals surface area contributed by atoms with Crippen LogP contribution in [0.4, 0.5) is 5.69 Å². The SMILES string of the molecule is CCN(c1ccc(OC)cc1)C(N)c1ccc(C)cc1. The molecule has 0 saturated carbocycles. The van der Waals surface area contributed by atoms with Gasteiger partial charge in [0.1, 0.15) is 11.9 Å². The molecule has 0 radical (unpaired) electrons. The summed E-state index contributed by atoms with van der Waals surface area (Å²) in [7, 11) is 1.67. The Labute approximate surface area is 121 Å². The predicted octanol–water partition coefficient (Wildman–Crippen LogP) is 3.49. The number of hydrogen-bond donors (Lipinski definition) is 1. The van der Waals surface area contributed by atoms with E-state index in [4.69, 9.17) is 10.5 Å². The summed E-state index contributed by atoms with van der Waals surface area (Å²) in [6.45, 7) is 5.04. The molecule has 0 heterocycles. The monoisotopic (exact) mass is 270 g/mol. The zero-order chi connectivity index (χ0) is 14.5. The molecule has 2 aromatic rings. The Bertz CT molecular complexity index is 534. The van der Waals surface area contributed by atoms with Gasteiger partial charge in [-0.05, 0) is 43.7 Å². The van der Waals surface area contributed by atoms with Crippen LogP contribution in [0.1, 0.15) is 24.2 Å². The Morgan fingerprint density at radius 1 is 1.05 bits per heavy atom. The molecule has 0 bridgehead atoms. The van der Waals surface area contributed by atoms with Gasteiger partial charge in [0, 0.05) is 12.2 Å². The molecule has 3 nitrogen and oxygen atoms in total. The van der Waals surface area contributed by atoms with Crippen molar-refractivity contribution in [3.8, 4) is 5.75 Å². The number of hydrogen-bond acceptors (Lipinski definition) is 3. The maximum absolute atomic E-state index is 6.40. The average Bonchev–Trinajstić information content (AvgIpc) is 2.49. The summed E-state index contributed by atoms with van der Waals surface area (Å²) in [5, 5.41) is 0. The van der Waals surface area contributed by atoms with E-state index < -0.39 is 0 Å². The van der Waals surface area contributed by atoms with Crippen molar-refractivity contribution in [3.05, 3.63) is 59.7 Å². The zero-order valence-electron chi connectivity index (χ0n) is 12.3. The predicted molar refractivity (Wildman–Crippen MR) is 84.1 cm³/mol. The van der Waals surface area contributed by atoms with Crippen LogP contribution in [0.5, 0.6) is 5.75 Å². The minimum absolute atomic E-state index is 0.144. The summed E-state index contributed by atoms with van der Waals surface area (Å²) in [5.41, 5.74) is 9.86. The minimum atomic E-state index is -0.144. The molecule has 0 saturated heterocycles. The highest BCUT2D eigenvalue weighted by molar-refractivity contribution is 5.51. The van der Waals surface area contributed by atoms with Crippen molar-refractivity contribution in [3.63, 3.8) is 0 Å². The first-order valence-corrected chi connectivity index (χ1v) is 6.88. The van der Waals surface area contributed by atoms with Crippen LogP contribution in [0.2, 0.25) is 0 Å². The van der Waals surface area contributed by atoms with Crippen molar-refractivity contribution in [2.24, 2.45) is 5.73 Å². The lowest BCUT2D eigenvalue weighted by Gasteiger charge is -2.30. The van der Waals surface area contributed by atoms with Crippen LogP contribution < -0.4 is 15.4 Å². The van der Waals surface area contributed by atoms with E-state index in [0.29, 0.717) is 0 Å². The van der Waals surface area contributed by atoms with Crippen LogP contribution in [0.3, 0.4) is 0 Å². The summed E-state index contributed by atoms with van der Waals surface area (Å²) in [5.74, 6) is 0.855. The molecule has 0 fully saturated rings. The Morgan fingerprint density at radius 2 is 1.65 bits per heavy atom. The second-order valence-corrected chi connectivity index (χ2v) is 4.84. The molecule has 0 aliphatic carbocycles. The van der Waals surface area contributed by atoms with E-state index in [1.54, 1.807) is 7.11 Å². The van der Waals surface area contributed by atoms with Gasteiger partial charge in [0.2, 0.25) is 0 Å². The van der Waals surface area contributed by atoms with Gasteiger partial charge in [-0.25, -0.2) is 0 Å². The van der Waals surface area contributed by atoms with Crippen molar-refractivity contribution >= 4 is 5.69 Å². The number of benzene rings is 2. The van der Waals surface area contributed by atoms with Gasteiger partial charge in [0.15, 0.2) is 0 Å². The largest absolute Gasteiger partial charge is 0.497 e. The van der Waals surface area contributed by atoms with E-state index in [2.05, 4.69) is 43.0 Å². The first-order chi connectivity index (χ1) is 9.65. The van der Waals surface area contributed by atoms with Crippen molar-refractivity contribution in [2.75, 3.05) is 18.6 Å². The Kier molecular flexibility index (Phi) is 4.64. The van der Waals surface area contributed by atoms with E-state index in [9.17, 15) is 0 Å². The highest BCUT2D eigenvalue weighted by Crippen LogP contribution is 2.25. The molecular formula is C17H22N2O. The fraction of sp³-hybridized carbons (Fsp3) is 0.294. The molecule has 0 amide bonds.